The Kier molecular flexibility index (Phi) is 6.81. The third-order valence-corrected chi connectivity index (χ3v) is 5.57. The number of hydrogen-bond donors (Lipinski definition) is 0. The second kappa shape index (κ2) is 8.92. The van der Waals surface area contributed by atoms with Crippen LogP contribution in [0.15, 0.2) is 30.3 Å². The number of hydrogen-bond acceptors (Lipinski definition) is 7. The van der Waals surface area contributed by atoms with Gasteiger partial charge in [-0.3, -0.25) is 4.79 Å². The second-order valence-electron chi connectivity index (χ2n) is 7.13. The number of ether oxygens (including phenoxy) is 5. The summed E-state index contributed by atoms with van der Waals surface area (Å²) in [6.45, 7) is 8.00. The molecule has 1 aromatic carbocycles. The summed E-state index contributed by atoms with van der Waals surface area (Å²) in [5.74, 6) is -0.272. The van der Waals surface area contributed by atoms with E-state index in [1.54, 1.807) is 11.8 Å². The van der Waals surface area contributed by atoms with Crippen LogP contribution in [0.25, 0.3) is 0 Å². The molecule has 0 radical (unpaired) electrons. The Morgan fingerprint density at radius 1 is 1.26 bits per heavy atom. The van der Waals surface area contributed by atoms with Gasteiger partial charge >= 0.3 is 5.97 Å². The molecule has 0 amide bonds. The van der Waals surface area contributed by atoms with Gasteiger partial charge in [0.2, 0.25) is 0 Å². The summed E-state index contributed by atoms with van der Waals surface area (Å²) in [5, 5.41) is 0. The Bertz CT molecular complexity index is 622. The highest BCUT2D eigenvalue weighted by Crippen LogP contribution is 2.38. The van der Waals surface area contributed by atoms with Crippen LogP contribution in [0, 0.1) is 0 Å². The minimum Gasteiger partial charge on any atom is -0.456 e. The molecule has 0 saturated carbocycles. The molecule has 2 heterocycles. The van der Waals surface area contributed by atoms with Crippen molar-refractivity contribution in [1.29, 1.82) is 0 Å². The topological polar surface area (TPSA) is 63.2 Å². The molecular formula is C20H28O6S. The van der Waals surface area contributed by atoms with Gasteiger partial charge in [0.15, 0.2) is 11.9 Å². The SMILES string of the molecule is CCSC1OC2COC(C)(C)O[C@H]2[C@@H](OCc2ccccc2)C1OC(C)=O. The van der Waals surface area contributed by atoms with Crippen molar-refractivity contribution in [3.8, 4) is 0 Å². The smallest absolute Gasteiger partial charge is 0.303 e. The van der Waals surface area contributed by atoms with Gasteiger partial charge in [0.1, 0.15) is 23.7 Å². The van der Waals surface area contributed by atoms with Gasteiger partial charge in [0.05, 0.1) is 13.2 Å². The van der Waals surface area contributed by atoms with Gasteiger partial charge in [0, 0.05) is 6.92 Å². The molecule has 1 aromatic rings. The summed E-state index contributed by atoms with van der Waals surface area (Å²) in [5.41, 5.74) is 0.725. The summed E-state index contributed by atoms with van der Waals surface area (Å²) < 4.78 is 30.0. The largest absolute Gasteiger partial charge is 0.456 e. The van der Waals surface area contributed by atoms with Gasteiger partial charge in [0.25, 0.3) is 0 Å². The van der Waals surface area contributed by atoms with E-state index >= 15 is 0 Å². The van der Waals surface area contributed by atoms with Crippen molar-refractivity contribution in [2.24, 2.45) is 0 Å². The Morgan fingerprint density at radius 2 is 2.00 bits per heavy atom. The predicted molar refractivity (Wildman–Crippen MR) is 102 cm³/mol. The lowest BCUT2D eigenvalue weighted by Crippen LogP contribution is -2.65. The summed E-state index contributed by atoms with van der Waals surface area (Å²) in [4.78, 5) is 11.8. The van der Waals surface area contributed by atoms with Gasteiger partial charge in [-0.25, -0.2) is 0 Å². The highest BCUT2D eigenvalue weighted by Gasteiger charge is 2.53. The first-order valence-electron chi connectivity index (χ1n) is 9.31. The molecule has 7 heteroatoms. The molecular weight excluding hydrogens is 368 g/mol. The van der Waals surface area contributed by atoms with Crippen LogP contribution in [0.4, 0.5) is 0 Å². The Labute approximate surface area is 164 Å². The standard InChI is InChI=1S/C20H28O6S/c1-5-27-19-18(24-13(2)21)17(22-11-14-9-7-6-8-10-14)16-15(25-19)12-23-20(3,4)26-16/h6-10,15-19H,5,11-12H2,1-4H3/t15?,16-,17-,18?,19?/m1/s1. The van der Waals surface area contributed by atoms with Crippen molar-refractivity contribution in [2.75, 3.05) is 12.4 Å². The molecule has 2 fully saturated rings. The molecule has 2 aliphatic heterocycles. The molecule has 150 valence electrons. The molecule has 0 N–H and O–H groups in total. The fraction of sp³-hybridized carbons (Fsp3) is 0.650. The Hall–Kier alpha value is -1.12. The Balaban J connectivity index is 1.84. The van der Waals surface area contributed by atoms with Crippen LogP contribution in [-0.2, 0) is 35.1 Å². The van der Waals surface area contributed by atoms with Gasteiger partial charge in [-0.05, 0) is 25.2 Å². The van der Waals surface area contributed by atoms with Crippen LogP contribution < -0.4 is 0 Å². The zero-order chi connectivity index (χ0) is 19.4. The first-order chi connectivity index (χ1) is 12.9. The quantitative estimate of drug-likeness (QED) is 0.685. The van der Waals surface area contributed by atoms with Crippen molar-refractivity contribution in [3.05, 3.63) is 35.9 Å². The average molecular weight is 397 g/mol. The number of benzene rings is 1. The predicted octanol–water partition coefficient (Wildman–Crippen LogP) is 3.13. The normalized spacial score (nSPS) is 32.5. The minimum atomic E-state index is -0.746. The van der Waals surface area contributed by atoms with E-state index in [1.165, 1.54) is 6.92 Å². The summed E-state index contributed by atoms with van der Waals surface area (Å²) in [6.07, 6.45) is -1.64. The summed E-state index contributed by atoms with van der Waals surface area (Å²) in [6, 6.07) is 9.92. The van der Waals surface area contributed by atoms with E-state index in [9.17, 15) is 4.79 Å². The fourth-order valence-corrected chi connectivity index (χ4v) is 4.32. The maximum Gasteiger partial charge on any atom is 0.303 e. The monoisotopic (exact) mass is 396 g/mol. The maximum atomic E-state index is 11.8. The summed E-state index contributed by atoms with van der Waals surface area (Å²) in [7, 11) is 0. The number of thioether (sulfide) groups is 1. The van der Waals surface area contributed by atoms with E-state index in [4.69, 9.17) is 23.7 Å². The fourth-order valence-electron chi connectivity index (χ4n) is 3.37. The molecule has 2 saturated heterocycles. The van der Waals surface area contributed by atoms with Gasteiger partial charge in [-0.2, -0.15) is 0 Å². The molecule has 3 unspecified atom stereocenters. The molecule has 6 nitrogen and oxygen atoms in total. The van der Waals surface area contributed by atoms with E-state index < -0.39 is 18.0 Å². The number of fused-ring (bicyclic) bond motifs is 1. The van der Waals surface area contributed by atoms with Gasteiger partial charge in [-0.15, -0.1) is 11.8 Å². The first-order valence-corrected chi connectivity index (χ1v) is 10.4. The van der Waals surface area contributed by atoms with Crippen molar-refractivity contribution in [3.63, 3.8) is 0 Å². The van der Waals surface area contributed by atoms with Crippen LogP contribution in [0.2, 0.25) is 0 Å². The van der Waals surface area contributed by atoms with Crippen molar-refractivity contribution < 1.29 is 28.5 Å². The van der Waals surface area contributed by atoms with Crippen molar-refractivity contribution >= 4 is 17.7 Å². The lowest BCUT2D eigenvalue weighted by molar-refractivity contribution is -0.355. The molecule has 0 spiro atoms. The highest BCUT2D eigenvalue weighted by molar-refractivity contribution is 7.99. The van der Waals surface area contributed by atoms with Crippen LogP contribution in [-0.4, -0.2) is 54.0 Å². The number of esters is 1. The molecule has 0 aliphatic carbocycles. The third-order valence-electron chi connectivity index (χ3n) is 4.52. The van der Waals surface area contributed by atoms with Crippen LogP contribution >= 0.6 is 11.8 Å². The third kappa shape index (κ3) is 5.23. The number of carbonyl (C=O) groups excluding carboxylic acids is 1. The molecule has 27 heavy (non-hydrogen) atoms. The van der Waals surface area contributed by atoms with E-state index in [-0.39, 0.29) is 23.6 Å². The van der Waals surface area contributed by atoms with Crippen LogP contribution in [0.3, 0.4) is 0 Å². The zero-order valence-electron chi connectivity index (χ0n) is 16.3. The van der Waals surface area contributed by atoms with Crippen LogP contribution in [0.1, 0.15) is 33.3 Å². The second-order valence-corrected chi connectivity index (χ2v) is 8.50. The number of carbonyl (C=O) groups is 1. The molecule has 2 aliphatic rings. The lowest BCUT2D eigenvalue weighted by atomic mass is 9.97. The van der Waals surface area contributed by atoms with Crippen LogP contribution in [0.5, 0.6) is 0 Å². The van der Waals surface area contributed by atoms with Crippen molar-refractivity contribution in [1.82, 2.24) is 0 Å². The highest BCUT2D eigenvalue weighted by atomic mass is 32.2. The van der Waals surface area contributed by atoms with Gasteiger partial charge < -0.3 is 23.7 Å². The van der Waals surface area contributed by atoms with Crippen molar-refractivity contribution in [2.45, 2.75) is 69.9 Å². The average Bonchev–Trinajstić information content (AvgIpc) is 2.62. The number of rotatable bonds is 6. The lowest BCUT2D eigenvalue weighted by Gasteiger charge is -2.50. The van der Waals surface area contributed by atoms with Gasteiger partial charge in [-0.1, -0.05) is 37.3 Å². The van der Waals surface area contributed by atoms with E-state index in [2.05, 4.69) is 0 Å². The molecule has 0 bridgehead atoms. The molecule has 5 atom stereocenters. The van der Waals surface area contributed by atoms with E-state index in [0.29, 0.717) is 13.2 Å². The molecule has 0 aromatic heterocycles. The zero-order valence-corrected chi connectivity index (χ0v) is 17.1. The molecule has 3 rings (SSSR count). The van der Waals surface area contributed by atoms with E-state index in [0.717, 1.165) is 11.3 Å². The first kappa shape index (κ1) is 20.6. The summed E-state index contributed by atoms with van der Waals surface area (Å²) >= 11 is 1.59. The minimum absolute atomic E-state index is 0.269. The van der Waals surface area contributed by atoms with E-state index in [1.807, 2.05) is 51.1 Å². The maximum absolute atomic E-state index is 11.8. The Morgan fingerprint density at radius 3 is 2.67 bits per heavy atom.